The van der Waals surface area contributed by atoms with E-state index in [2.05, 4.69) is 22.3 Å². The summed E-state index contributed by atoms with van der Waals surface area (Å²) in [4.78, 5) is 26.2. The molecular formula is C11H18N4O2S. The molecule has 1 aliphatic rings. The van der Waals surface area contributed by atoms with Crippen LogP contribution in [0.2, 0.25) is 0 Å². The van der Waals surface area contributed by atoms with E-state index in [0.717, 1.165) is 12.8 Å². The summed E-state index contributed by atoms with van der Waals surface area (Å²) < 4.78 is 1.52. The van der Waals surface area contributed by atoms with Crippen LogP contribution in [0.1, 0.15) is 19.8 Å². The third-order valence-electron chi connectivity index (χ3n) is 3.56. The Morgan fingerprint density at radius 3 is 2.78 bits per heavy atom. The van der Waals surface area contributed by atoms with Crippen LogP contribution < -0.4 is 16.4 Å². The second-order valence-electron chi connectivity index (χ2n) is 4.69. The van der Waals surface area contributed by atoms with E-state index in [-0.39, 0.29) is 0 Å². The smallest absolute Gasteiger partial charge is 0.317 e. The van der Waals surface area contributed by atoms with E-state index < -0.39 is 11.1 Å². The fourth-order valence-electron chi connectivity index (χ4n) is 2.40. The van der Waals surface area contributed by atoms with Crippen molar-refractivity contribution in [3.8, 4) is 0 Å². The Morgan fingerprint density at radius 2 is 2.17 bits per heavy atom. The molecule has 100 valence electrons. The minimum Gasteiger partial charge on any atom is -0.317 e. The lowest BCUT2D eigenvalue weighted by atomic mass is 10.1. The van der Waals surface area contributed by atoms with Crippen molar-refractivity contribution in [3.05, 3.63) is 20.7 Å². The number of thioether (sulfide) groups is 1. The lowest BCUT2D eigenvalue weighted by Gasteiger charge is -2.19. The first-order chi connectivity index (χ1) is 8.52. The van der Waals surface area contributed by atoms with E-state index in [1.54, 1.807) is 18.8 Å². The van der Waals surface area contributed by atoms with Gasteiger partial charge in [-0.2, -0.15) is 4.98 Å². The van der Waals surface area contributed by atoms with Gasteiger partial charge in [-0.05, 0) is 25.8 Å². The van der Waals surface area contributed by atoms with Gasteiger partial charge in [0.25, 0.3) is 0 Å². The first-order valence-electron chi connectivity index (χ1n) is 6.04. The maximum absolute atomic E-state index is 11.3. The van der Waals surface area contributed by atoms with E-state index in [1.807, 2.05) is 7.05 Å². The van der Waals surface area contributed by atoms with E-state index >= 15 is 0 Å². The van der Waals surface area contributed by atoms with Gasteiger partial charge in [-0.3, -0.25) is 19.4 Å². The molecule has 18 heavy (non-hydrogen) atoms. The van der Waals surface area contributed by atoms with Gasteiger partial charge < -0.3 is 5.32 Å². The molecule has 1 saturated carbocycles. The topological polar surface area (TPSA) is 79.8 Å². The third kappa shape index (κ3) is 2.51. The number of hydrogen-bond donors (Lipinski definition) is 2. The Bertz CT molecular complexity index is 539. The van der Waals surface area contributed by atoms with E-state index in [0.29, 0.717) is 22.4 Å². The molecule has 0 amide bonds. The van der Waals surface area contributed by atoms with Gasteiger partial charge in [0.15, 0.2) is 5.16 Å². The molecule has 7 heteroatoms. The quantitative estimate of drug-likeness (QED) is 0.753. The number of aromatic amines is 1. The number of nitrogens with zero attached hydrogens (tertiary/aromatic N) is 2. The van der Waals surface area contributed by atoms with Crippen LogP contribution in [-0.2, 0) is 7.05 Å². The van der Waals surface area contributed by atoms with Gasteiger partial charge in [0.05, 0.1) is 0 Å². The van der Waals surface area contributed by atoms with Crippen molar-refractivity contribution in [1.29, 1.82) is 0 Å². The predicted molar refractivity (Wildman–Crippen MR) is 71.0 cm³/mol. The number of aromatic nitrogens is 3. The zero-order chi connectivity index (χ0) is 13.3. The lowest BCUT2D eigenvalue weighted by molar-refractivity contribution is 0.463. The summed E-state index contributed by atoms with van der Waals surface area (Å²) in [5, 5.41) is 6.77. The van der Waals surface area contributed by atoms with Crippen LogP contribution in [0.15, 0.2) is 14.7 Å². The Balaban J connectivity index is 2.18. The van der Waals surface area contributed by atoms with Crippen LogP contribution in [0.5, 0.6) is 0 Å². The van der Waals surface area contributed by atoms with Crippen molar-refractivity contribution >= 4 is 11.8 Å². The summed E-state index contributed by atoms with van der Waals surface area (Å²) in [6.45, 7) is 2.20. The SMILES string of the molecule is CNC1CCC(Sc2nc(=O)c(=O)[nH]n2C)C1C. The average molecular weight is 270 g/mol. The first kappa shape index (κ1) is 13.4. The Kier molecular flexibility index (Phi) is 3.91. The molecular weight excluding hydrogens is 252 g/mol. The van der Waals surface area contributed by atoms with E-state index in [4.69, 9.17) is 0 Å². The van der Waals surface area contributed by atoms with Crippen molar-refractivity contribution in [2.24, 2.45) is 13.0 Å². The van der Waals surface area contributed by atoms with Crippen LogP contribution in [0.4, 0.5) is 0 Å². The third-order valence-corrected chi connectivity index (χ3v) is 5.10. The summed E-state index contributed by atoms with van der Waals surface area (Å²) in [5.74, 6) is 0.517. The molecule has 1 fully saturated rings. The van der Waals surface area contributed by atoms with Crippen LogP contribution >= 0.6 is 11.8 Å². The number of aryl methyl sites for hydroxylation is 1. The number of nitrogens with one attached hydrogen (secondary N) is 2. The Hall–Kier alpha value is -1.08. The second-order valence-corrected chi connectivity index (χ2v) is 5.89. The molecule has 1 aliphatic carbocycles. The van der Waals surface area contributed by atoms with Crippen molar-refractivity contribution < 1.29 is 0 Å². The fourth-order valence-corrected chi connectivity index (χ4v) is 3.67. The summed E-state index contributed by atoms with van der Waals surface area (Å²) in [5.41, 5.74) is -1.39. The Labute approximate surface area is 109 Å². The highest BCUT2D eigenvalue weighted by molar-refractivity contribution is 7.99. The van der Waals surface area contributed by atoms with Crippen LogP contribution in [0.25, 0.3) is 0 Å². The van der Waals surface area contributed by atoms with Gasteiger partial charge in [-0.25, -0.2) is 0 Å². The molecule has 0 saturated heterocycles. The summed E-state index contributed by atoms with van der Waals surface area (Å²) in [6.07, 6.45) is 2.22. The molecule has 3 atom stereocenters. The van der Waals surface area contributed by atoms with Crippen LogP contribution in [0.3, 0.4) is 0 Å². The highest BCUT2D eigenvalue weighted by Gasteiger charge is 2.33. The minimum atomic E-state index is -0.716. The maximum atomic E-state index is 11.3. The maximum Gasteiger partial charge on any atom is 0.339 e. The fraction of sp³-hybridized carbons (Fsp3) is 0.727. The molecule has 0 aliphatic heterocycles. The van der Waals surface area contributed by atoms with Gasteiger partial charge >= 0.3 is 11.1 Å². The molecule has 2 N–H and O–H groups in total. The highest BCUT2D eigenvalue weighted by atomic mass is 32.2. The van der Waals surface area contributed by atoms with Gasteiger partial charge in [0, 0.05) is 18.3 Å². The molecule has 1 heterocycles. The van der Waals surface area contributed by atoms with Crippen molar-refractivity contribution in [2.75, 3.05) is 7.05 Å². The average Bonchev–Trinajstić information content (AvgIpc) is 2.67. The van der Waals surface area contributed by atoms with E-state index in [1.165, 1.54) is 4.68 Å². The normalized spacial score (nSPS) is 27.6. The molecule has 6 nitrogen and oxygen atoms in total. The van der Waals surface area contributed by atoms with Gasteiger partial charge in [-0.15, -0.1) is 0 Å². The molecule has 0 bridgehead atoms. The molecule has 0 aromatic carbocycles. The monoisotopic (exact) mass is 270 g/mol. The molecule has 0 spiro atoms. The van der Waals surface area contributed by atoms with Crippen LogP contribution in [0, 0.1) is 5.92 Å². The summed E-state index contributed by atoms with van der Waals surface area (Å²) >= 11 is 1.57. The largest absolute Gasteiger partial charge is 0.339 e. The Morgan fingerprint density at radius 1 is 1.44 bits per heavy atom. The minimum absolute atomic E-state index is 0.423. The predicted octanol–water partition coefficient (Wildman–Crippen LogP) is -0.0528. The van der Waals surface area contributed by atoms with Gasteiger partial charge in [0.2, 0.25) is 0 Å². The van der Waals surface area contributed by atoms with Crippen molar-refractivity contribution in [2.45, 2.75) is 36.2 Å². The summed E-state index contributed by atoms with van der Waals surface area (Å²) in [6, 6.07) is 0.516. The number of rotatable bonds is 3. The first-order valence-corrected chi connectivity index (χ1v) is 6.92. The second kappa shape index (κ2) is 5.27. The molecule has 1 aromatic heterocycles. The van der Waals surface area contributed by atoms with Crippen molar-refractivity contribution in [1.82, 2.24) is 20.1 Å². The zero-order valence-electron chi connectivity index (χ0n) is 10.8. The van der Waals surface area contributed by atoms with Gasteiger partial charge in [-0.1, -0.05) is 18.7 Å². The molecule has 1 aromatic rings. The van der Waals surface area contributed by atoms with E-state index in [9.17, 15) is 9.59 Å². The molecule has 2 rings (SSSR count). The standard InChI is InChI=1S/C11H18N4O2S/c1-6-7(12-2)4-5-8(6)18-11-13-9(16)10(17)14-15(11)3/h6-8,12H,4-5H2,1-3H3,(H,14,17). The molecule has 3 unspecified atom stereocenters. The number of H-pyrrole nitrogens is 1. The zero-order valence-corrected chi connectivity index (χ0v) is 11.6. The van der Waals surface area contributed by atoms with Gasteiger partial charge in [0.1, 0.15) is 0 Å². The summed E-state index contributed by atoms with van der Waals surface area (Å²) in [7, 11) is 3.67. The lowest BCUT2D eigenvalue weighted by Crippen LogP contribution is -2.34. The molecule has 0 radical (unpaired) electrons. The van der Waals surface area contributed by atoms with Crippen LogP contribution in [-0.4, -0.2) is 33.1 Å². The van der Waals surface area contributed by atoms with Crippen molar-refractivity contribution in [3.63, 3.8) is 0 Å². The highest BCUT2D eigenvalue weighted by Crippen LogP contribution is 2.37. The number of hydrogen-bond acceptors (Lipinski definition) is 5.